The van der Waals surface area contributed by atoms with Crippen LogP contribution < -0.4 is 0 Å². The van der Waals surface area contributed by atoms with Crippen molar-refractivity contribution in [3.8, 4) is 0 Å². The molecule has 0 aromatic heterocycles. The Morgan fingerprint density at radius 1 is 0.918 bits per heavy atom. The SMILES string of the molecule is C=C1[C@H](O[Si](C)(C)C(C)(C)C)CC(=C/C=C2\CCC[C@@]3(C)C2CCC3[C@H](C)COS(=O)(=O)c2ccc(C)cc2)C[C@H]1O[Si](C)(C)C(C)(C)C. The minimum Gasteiger partial charge on any atom is -0.410 e. The van der Waals surface area contributed by atoms with Crippen LogP contribution in [0.4, 0.5) is 0 Å². The van der Waals surface area contributed by atoms with Gasteiger partial charge in [0.15, 0.2) is 16.6 Å². The van der Waals surface area contributed by atoms with Gasteiger partial charge in [0.1, 0.15) is 0 Å². The van der Waals surface area contributed by atoms with E-state index in [-0.39, 0.29) is 45.1 Å². The van der Waals surface area contributed by atoms with Gasteiger partial charge in [-0.3, -0.25) is 4.18 Å². The van der Waals surface area contributed by atoms with Crippen LogP contribution in [0.15, 0.2) is 64.6 Å². The van der Waals surface area contributed by atoms with Crippen LogP contribution in [0.25, 0.3) is 0 Å². The predicted octanol–water partition coefficient (Wildman–Crippen LogP) is 11.5. The van der Waals surface area contributed by atoms with Gasteiger partial charge in [0.05, 0.1) is 23.7 Å². The first-order chi connectivity index (χ1) is 22.4. The Kier molecular flexibility index (Phi) is 12.1. The molecule has 4 rings (SSSR count). The zero-order valence-electron chi connectivity index (χ0n) is 33.2. The summed E-state index contributed by atoms with van der Waals surface area (Å²) < 4.78 is 45.8. The zero-order chi connectivity index (χ0) is 36.8. The van der Waals surface area contributed by atoms with Gasteiger partial charge in [-0.25, -0.2) is 0 Å². The second-order valence-corrected chi connectivity index (χ2v) is 30.0. The van der Waals surface area contributed by atoms with Crippen molar-refractivity contribution < 1.29 is 21.5 Å². The molecule has 0 aliphatic heterocycles. The van der Waals surface area contributed by atoms with Gasteiger partial charge in [0.25, 0.3) is 10.1 Å². The van der Waals surface area contributed by atoms with E-state index in [1.165, 1.54) is 18.4 Å². The van der Waals surface area contributed by atoms with Crippen LogP contribution in [0, 0.1) is 30.1 Å². The van der Waals surface area contributed by atoms with Gasteiger partial charge in [0, 0.05) is 0 Å². The molecule has 3 aliphatic carbocycles. The average Bonchev–Trinajstić information content (AvgIpc) is 3.33. The maximum atomic E-state index is 13.0. The lowest BCUT2D eigenvalue weighted by Crippen LogP contribution is -2.49. The van der Waals surface area contributed by atoms with Crippen molar-refractivity contribution in [2.75, 3.05) is 6.61 Å². The summed E-state index contributed by atoms with van der Waals surface area (Å²) in [5.74, 6) is 1.08. The monoisotopic (exact) mass is 728 g/mol. The first-order valence-electron chi connectivity index (χ1n) is 18.8. The molecule has 8 heteroatoms. The van der Waals surface area contributed by atoms with E-state index < -0.39 is 26.8 Å². The molecule has 0 spiro atoms. The summed E-state index contributed by atoms with van der Waals surface area (Å²) in [7, 11) is -7.83. The number of hydrogen-bond acceptors (Lipinski definition) is 5. The van der Waals surface area contributed by atoms with E-state index >= 15 is 0 Å². The van der Waals surface area contributed by atoms with Gasteiger partial charge in [-0.1, -0.05) is 103 Å². The molecular weight excluding hydrogens is 661 g/mol. The molecule has 0 heterocycles. The fourth-order valence-electron chi connectivity index (χ4n) is 7.99. The Bertz CT molecular complexity index is 1470. The summed E-state index contributed by atoms with van der Waals surface area (Å²) in [6.45, 7) is 34.6. The maximum absolute atomic E-state index is 13.0. The van der Waals surface area contributed by atoms with Crippen molar-refractivity contribution >= 4 is 26.8 Å². The smallest absolute Gasteiger partial charge is 0.296 e. The van der Waals surface area contributed by atoms with Crippen molar-refractivity contribution in [2.45, 2.75) is 161 Å². The first kappa shape index (κ1) is 40.5. The van der Waals surface area contributed by atoms with Crippen LogP contribution in [0.3, 0.4) is 0 Å². The first-order valence-corrected chi connectivity index (χ1v) is 26.0. The Morgan fingerprint density at radius 3 is 1.96 bits per heavy atom. The highest BCUT2D eigenvalue weighted by Crippen LogP contribution is 2.59. The van der Waals surface area contributed by atoms with E-state index in [2.05, 4.69) is 100 Å². The topological polar surface area (TPSA) is 61.8 Å². The second kappa shape index (κ2) is 14.6. The molecule has 0 radical (unpaired) electrons. The normalized spacial score (nSPS) is 28.9. The minimum absolute atomic E-state index is 0.0291. The van der Waals surface area contributed by atoms with Gasteiger partial charge >= 0.3 is 0 Å². The van der Waals surface area contributed by atoms with E-state index in [4.69, 9.17) is 13.0 Å². The number of allylic oxidation sites excluding steroid dienone is 3. The van der Waals surface area contributed by atoms with E-state index in [1.54, 1.807) is 17.7 Å². The molecule has 0 amide bonds. The highest BCUT2D eigenvalue weighted by molar-refractivity contribution is 7.86. The van der Waals surface area contributed by atoms with E-state index in [0.29, 0.717) is 11.8 Å². The lowest BCUT2D eigenvalue weighted by molar-refractivity contribution is 0.0760. The van der Waals surface area contributed by atoms with Crippen LogP contribution in [-0.2, 0) is 23.2 Å². The third-order valence-electron chi connectivity index (χ3n) is 13.3. The number of rotatable bonds is 10. The Hall–Kier alpha value is -1.30. The van der Waals surface area contributed by atoms with Crippen LogP contribution >= 0.6 is 0 Å². The van der Waals surface area contributed by atoms with Crippen molar-refractivity contribution in [2.24, 2.45) is 23.2 Å². The predicted molar refractivity (Wildman–Crippen MR) is 210 cm³/mol. The Labute approximate surface area is 302 Å². The molecule has 5 nitrogen and oxygen atoms in total. The molecule has 0 N–H and O–H groups in total. The summed E-state index contributed by atoms with van der Waals surface area (Å²) in [5.41, 5.74) is 5.24. The van der Waals surface area contributed by atoms with Crippen LogP contribution in [-0.4, -0.2) is 43.9 Å². The molecule has 276 valence electrons. The quantitative estimate of drug-likeness (QED) is 0.136. The molecule has 2 unspecified atom stereocenters. The molecule has 0 saturated heterocycles. The largest absolute Gasteiger partial charge is 0.410 e. The van der Waals surface area contributed by atoms with Gasteiger partial charge in [-0.15, -0.1) is 0 Å². The third-order valence-corrected chi connectivity index (χ3v) is 23.5. The van der Waals surface area contributed by atoms with Gasteiger partial charge < -0.3 is 8.85 Å². The molecule has 3 saturated carbocycles. The van der Waals surface area contributed by atoms with Gasteiger partial charge in [-0.2, -0.15) is 8.42 Å². The van der Waals surface area contributed by atoms with E-state index in [0.717, 1.165) is 43.2 Å². The third kappa shape index (κ3) is 9.02. The minimum atomic E-state index is -3.78. The van der Waals surface area contributed by atoms with Crippen molar-refractivity contribution in [3.05, 3.63) is 65.3 Å². The van der Waals surface area contributed by atoms with E-state index in [1.807, 2.05) is 19.1 Å². The van der Waals surface area contributed by atoms with Crippen molar-refractivity contribution in [3.63, 3.8) is 0 Å². The van der Waals surface area contributed by atoms with Crippen molar-refractivity contribution in [1.82, 2.24) is 0 Å². The maximum Gasteiger partial charge on any atom is 0.296 e. The van der Waals surface area contributed by atoms with Gasteiger partial charge in [0.2, 0.25) is 0 Å². The summed E-state index contributed by atoms with van der Waals surface area (Å²) in [4.78, 5) is 0.233. The summed E-state index contributed by atoms with van der Waals surface area (Å²) >= 11 is 0. The van der Waals surface area contributed by atoms with Crippen LogP contribution in [0.1, 0.15) is 106 Å². The molecule has 6 atom stereocenters. The number of fused-ring (bicyclic) bond motifs is 1. The molecule has 1 aromatic rings. The highest BCUT2D eigenvalue weighted by Gasteiger charge is 2.51. The molecule has 3 aliphatic rings. The van der Waals surface area contributed by atoms with Crippen LogP contribution in [0.2, 0.25) is 36.3 Å². The highest BCUT2D eigenvalue weighted by atomic mass is 32.2. The summed E-state index contributed by atoms with van der Waals surface area (Å²) in [6.07, 6.45) is 12.3. The van der Waals surface area contributed by atoms with Gasteiger partial charge in [-0.05, 0) is 129 Å². The molecular formula is C41H68O5SSi2. The average molecular weight is 729 g/mol. The summed E-state index contributed by atoms with van der Waals surface area (Å²) in [6, 6.07) is 6.92. The second-order valence-electron chi connectivity index (χ2n) is 18.9. The molecule has 0 bridgehead atoms. The van der Waals surface area contributed by atoms with Crippen LogP contribution in [0.5, 0.6) is 0 Å². The number of hydrogen-bond donors (Lipinski definition) is 0. The van der Waals surface area contributed by atoms with E-state index in [9.17, 15) is 8.42 Å². The standard InChI is InChI=1S/C41H68O5SSi2/c1-29-17-21-34(22-18-29)47(42,43)44-28-30(2)35-23-24-36-33(16-15-25-41(35,36)10)20-19-32-26-37(45-48(11,12)39(4,5)6)31(3)38(27-32)46-49(13,14)40(7,8)9/h17-22,30,35-38H,3,15-16,23-28H2,1-2,4-14H3/b33-20+/t30-,35?,36?,37-,38-,41-/m1/s1. The number of benzene rings is 1. The fraction of sp³-hybridized carbons (Fsp3) is 0.707. The summed E-state index contributed by atoms with van der Waals surface area (Å²) in [5, 5.41) is 0.232. The Balaban J connectivity index is 1.54. The lowest BCUT2D eigenvalue weighted by Gasteiger charge is -2.46. The number of aryl methyl sites for hydroxylation is 1. The lowest BCUT2D eigenvalue weighted by atomic mass is 9.61. The molecule has 1 aromatic carbocycles. The molecule has 49 heavy (non-hydrogen) atoms. The fourth-order valence-corrected chi connectivity index (χ4v) is 11.6. The Morgan fingerprint density at radius 2 is 1.45 bits per heavy atom. The molecule has 3 fully saturated rings. The zero-order valence-corrected chi connectivity index (χ0v) is 36.0. The van der Waals surface area contributed by atoms with Crippen molar-refractivity contribution in [1.29, 1.82) is 0 Å².